The molecule has 2 unspecified atom stereocenters. The van der Waals surface area contributed by atoms with Gasteiger partial charge in [-0.2, -0.15) is 0 Å². The Morgan fingerprint density at radius 3 is 2.73 bits per heavy atom. The molecular formula is C25H40N2O6. The lowest BCUT2D eigenvalue weighted by Crippen LogP contribution is -2.56. The lowest BCUT2D eigenvalue weighted by atomic mass is 9.70. The Morgan fingerprint density at radius 1 is 1.27 bits per heavy atom. The van der Waals surface area contributed by atoms with Crippen LogP contribution in [0.4, 0.5) is 0 Å². The van der Waals surface area contributed by atoms with Crippen molar-refractivity contribution in [3.05, 3.63) is 12.7 Å². The summed E-state index contributed by atoms with van der Waals surface area (Å²) in [5, 5.41) is 9.13. The molecule has 33 heavy (non-hydrogen) atoms. The monoisotopic (exact) mass is 464 g/mol. The molecule has 8 nitrogen and oxygen atoms in total. The molecule has 3 heterocycles. The van der Waals surface area contributed by atoms with E-state index in [0.717, 1.165) is 25.7 Å². The van der Waals surface area contributed by atoms with Gasteiger partial charge in [0.05, 0.1) is 24.5 Å². The van der Waals surface area contributed by atoms with Crippen LogP contribution in [0.25, 0.3) is 0 Å². The van der Waals surface area contributed by atoms with Crippen LogP contribution in [0.1, 0.15) is 65.2 Å². The van der Waals surface area contributed by atoms with E-state index in [1.807, 2.05) is 0 Å². The minimum Gasteiger partial charge on any atom is -0.466 e. The number of aliphatic hydroxyl groups is 1. The number of esters is 1. The van der Waals surface area contributed by atoms with Gasteiger partial charge in [0, 0.05) is 26.2 Å². The van der Waals surface area contributed by atoms with Gasteiger partial charge in [0.1, 0.15) is 11.6 Å². The fraction of sp³-hybridized carbons (Fsp3) is 0.800. The summed E-state index contributed by atoms with van der Waals surface area (Å²) < 4.78 is 11.7. The first kappa shape index (κ1) is 25.7. The Kier molecular flexibility index (Phi) is 8.93. The average molecular weight is 465 g/mol. The molecule has 0 radical (unpaired) electrons. The molecule has 5 atom stereocenters. The van der Waals surface area contributed by atoms with Crippen molar-refractivity contribution >= 4 is 17.8 Å². The molecule has 3 fully saturated rings. The largest absolute Gasteiger partial charge is 0.466 e. The second kappa shape index (κ2) is 11.5. The Labute approximate surface area is 197 Å². The van der Waals surface area contributed by atoms with Crippen molar-refractivity contribution < 1.29 is 29.0 Å². The van der Waals surface area contributed by atoms with E-state index in [1.54, 1.807) is 22.8 Å². The fourth-order valence-corrected chi connectivity index (χ4v) is 5.92. The minimum atomic E-state index is -0.975. The topological polar surface area (TPSA) is 96.4 Å². The molecule has 3 aliphatic heterocycles. The van der Waals surface area contributed by atoms with Gasteiger partial charge in [0.2, 0.25) is 11.8 Å². The molecule has 3 rings (SSSR count). The third kappa shape index (κ3) is 4.83. The number of carbonyl (C=O) groups is 3. The van der Waals surface area contributed by atoms with E-state index in [9.17, 15) is 14.4 Å². The maximum atomic E-state index is 14.0. The molecule has 3 aliphatic rings. The summed E-state index contributed by atoms with van der Waals surface area (Å²) in [7, 11) is 0. The summed E-state index contributed by atoms with van der Waals surface area (Å²) in [6.45, 7) is 9.46. The molecular weight excluding hydrogens is 424 g/mol. The number of carbonyl (C=O) groups excluding carboxylic acids is 3. The van der Waals surface area contributed by atoms with Crippen LogP contribution in [0.15, 0.2) is 12.7 Å². The molecule has 186 valence electrons. The van der Waals surface area contributed by atoms with E-state index in [-0.39, 0.29) is 31.1 Å². The smallest absolute Gasteiger partial charge is 0.312 e. The van der Waals surface area contributed by atoms with Crippen LogP contribution >= 0.6 is 0 Å². The van der Waals surface area contributed by atoms with Gasteiger partial charge >= 0.3 is 5.97 Å². The summed E-state index contributed by atoms with van der Waals surface area (Å²) >= 11 is 0. The molecule has 0 saturated carbocycles. The number of hydrogen-bond acceptors (Lipinski definition) is 6. The molecule has 2 amide bonds. The first-order chi connectivity index (χ1) is 16.0. The zero-order valence-corrected chi connectivity index (χ0v) is 20.2. The van der Waals surface area contributed by atoms with Crippen LogP contribution < -0.4 is 0 Å². The van der Waals surface area contributed by atoms with Gasteiger partial charge < -0.3 is 24.4 Å². The van der Waals surface area contributed by atoms with Crippen LogP contribution in [0.3, 0.4) is 0 Å². The summed E-state index contributed by atoms with van der Waals surface area (Å²) in [6.07, 6.45) is 7.63. The molecule has 3 saturated heterocycles. The SMILES string of the molecule is C=CCN(CCCCC)C(=O)C1N(CCCCCO)C(=O)[C@@H]2[C@H](C(=O)OCC)[C@@H]3CCC12O3. The Bertz CT molecular complexity index is 728. The lowest BCUT2D eigenvalue weighted by molar-refractivity contribution is -0.155. The molecule has 0 aromatic carbocycles. The highest BCUT2D eigenvalue weighted by molar-refractivity contribution is 5.98. The number of likely N-dealkylation sites (tertiary alicyclic amines) is 1. The number of ether oxygens (including phenoxy) is 2. The average Bonchev–Trinajstić information content (AvgIpc) is 3.43. The molecule has 2 bridgehead atoms. The number of amides is 2. The summed E-state index contributed by atoms with van der Waals surface area (Å²) in [4.78, 5) is 43.9. The van der Waals surface area contributed by atoms with Crippen molar-refractivity contribution in [3.63, 3.8) is 0 Å². The van der Waals surface area contributed by atoms with Crippen LogP contribution in [-0.2, 0) is 23.9 Å². The van der Waals surface area contributed by atoms with E-state index in [1.165, 1.54) is 0 Å². The normalized spacial score (nSPS) is 29.9. The van der Waals surface area contributed by atoms with Crippen molar-refractivity contribution in [2.24, 2.45) is 11.8 Å². The number of rotatable bonds is 14. The van der Waals surface area contributed by atoms with Crippen molar-refractivity contribution in [2.75, 3.05) is 32.8 Å². The number of hydrogen-bond donors (Lipinski definition) is 1. The molecule has 8 heteroatoms. The maximum Gasteiger partial charge on any atom is 0.312 e. The Hall–Kier alpha value is -1.93. The summed E-state index contributed by atoms with van der Waals surface area (Å²) in [5.41, 5.74) is -0.975. The third-order valence-corrected chi connectivity index (χ3v) is 7.34. The van der Waals surface area contributed by atoms with Gasteiger partial charge in [-0.1, -0.05) is 25.8 Å². The van der Waals surface area contributed by atoms with Crippen molar-refractivity contribution in [3.8, 4) is 0 Å². The zero-order chi connectivity index (χ0) is 24.0. The Balaban J connectivity index is 1.91. The van der Waals surface area contributed by atoms with E-state index >= 15 is 0 Å². The van der Waals surface area contributed by atoms with Crippen LogP contribution in [0.2, 0.25) is 0 Å². The minimum absolute atomic E-state index is 0.100. The van der Waals surface area contributed by atoms with E-state index in [0.29, 0.717) is 45.3 Å². The molecule has 0 aromatic heterocycles. The first-order valence-corrected chi connectivity index (χ1v) is 12.6. The van der Waals surface area contributed by atoms with Crippen molar-refractivity contribution in [2.45, 2.75) is 83.0 Å². The van der Waals surface area contributed by atoms with E-state index in [4.69, 9.17) is 14.6 Å². The molecule has 0 aliphatic carbocycles. The van der Waals surface area contributed by atoms with Gasteiger partial charge in [0.25, 0.3) is 0 Å². The molecule has 0 aromatic rings. The second-order valence-electron chi connectivity index (χ2n) is 9.40. The molecule has 1 N–H and O–H groups in total. The summed E-state index contributed by atoms with van der Waals surface area (Å²) in [5.74, 6) is -2.03. The maximum absolute atomic E-state index is 14.0. The zero-order valence-electron chi connectivity index (χ0n) is 20.2. The highest BCUT2D eigenvalue weighted by Gasteiger charge is 2.74. The number of unbranched alkanes of at least 4 members (excludes halogenated alkanes) is 4. The van der Waals surface area contributed by atoms with Gasteiger partial charge in [-0.3, -0.25) is 14.4 Å². The van der Waals surface area contributed by atoms with Gasteiger partial charge in [-0.15, -0.1) is 6.58 Å². The predicted octanol–water partition coefficient (Wildman–Crippen LogP) is 2.29. The highest BCUT2D eigenvalue weighted by atomic mass is 16.6. The Morgan fingerprint density at radius 2 is 2.06 bits per heavy atom. The van der Waals surface area contributed by atoms with E-state index in [2.05, 4.69) is 13.5 Å². The number of nitrogens with zero attached hydrogens (tertiary/aromatic N) is 2. The predicted molar refractivity (Wildman–Crippen MR) is 123 cm³/mol. The van der Waals surface area contributed by atoms with Crippen LogP contribution in [0.5, 0.6) is 0 Å². The van der Waals surface area contributed by atoms with Crippen LogP contribution in [0, 0.1) is 11.8 Å². The van der Waals surface area contributed by atoms with Crippen molar-refractivity contribution in [1.82, 2.24) is 9.80 Å². The molecule has 1 spiro atoms. The lowest BCUT2D eigenvalue weighted by Gasteiger charge is -2.36. The second-order valence-corrected chi connectivity index (χ2v) is 9.40. The van der Waals surface area contributed by atoms with Gasteiger partial charge in [-0.05, 0) is 45.4 Å². The van der Waals surface area contributed by atoms with Crippen LogP contribution in [-0.4, -0.2) is 83.3 Å². The number of aliphatic hydroxyl groups excluding tert-OH is 1. The van der Waals surface area contributed by atoms with Gasteiger partial charge in [-0.25, -0.2) is 0 Å². The third-order valence-electron chi connectivity index (χ3n) is 7.34. The summed E-state index contributed by atoms with van der Waals surface area (Å²) in [6, 6.07) is -0.741. The quantitative estimate of drug-likeness (QED) is 0.241. The van der Waals surface area contributed by atoms with Gasteiger partial charge in [0.15, 0.2) is 0 Å². The first-order valence-electron chi connectivity index (χ1n) is 12.6. The van der Waals surface area contributed by atoms with E-state index < -0.39 is 29.4 Å². The van der Waals surface area contributed by atoms with Crippen molar-refractivity contribution in [1.29, 1.82) is 0 Å². The highest BCUT2D eigenvalue weighted by Crippen LogP contribution is 2.58. The fourth-order valence-electron chi connectivity index (χ4n) is 5.92. The standard InChI is InChI=1S/C25H40N2O6/c1-4-7-9-15-26(14-5-2)23(30)21-25-13-12-18(33-25)19(24(31)32-6-3)20(25)22(29)27(21)16-10-8-11-17-28/h5,18-21,28H,2,4,6-17H2,1,3H3/t18-,19+,20-,21?,25?/m0/s1. The number of fused-ring (bicyclic) bond motifs is 1.